The number of unbranched alkanes of at least 4 members (excludes halogenated alkanes) is 3. The van der Waals surface area contributed by atoms with E-state index in [1.54, 1.807) is 11.3 Å². The molecule has 1 aromatic heterocycles. The van der Waals surface area contributed by atoms with E-state index in [0.717, 1.165) is 23.5 Å². The predicted molar refractivity (Wildman–Crippen MR) is 85.3 cm³/mol. The molecule has 5 heteroatoms. The maximum atomic E-state index is 11.7. The summed E-state index contributed by atoms with van der Waals surface area (Å²) in [6.45, 7) is 6.90. The number of rotatable bonds is 9. The summed E-state index contributed by atoms with van der Waals surface area (Å²) in [6, 6.07) is 0.174. The molecule has 0 fully saturated rings. The van der Waals surface area contributed by atoms with Gasteiger partial charge in [0.2, 0.25) is 0 Å². The summed E-state index contributed by atoms with van der Waals surface area (Å²) < 4.78 is 0. The van der Waals surface area contributed by atoms with Crippen molar-refractivity contribution in [3.63, 3.8) is 0 Å². The second-order valence-electron chi connectivity index (χ2n) is 5.26. The van der Waals surface area contributed by atoms with Gasteiger partial charge in [-0.15, -0.1) is 11.3 Å². The van der Waals surface area contributed by atoms with Crippen LogP contribution in [0.25, 0.3) is 0 Å². The Hall–Kier alpha value is -1.10. The fourth-order valence-electron chi connectivity index (χ4n) is 2.05. The molecule has 0 saturated heterocycles. The molecule has 0 aliphatic carbocycles. The first-order valence-corrected chi connectivity index (χ1v) is 8.45. The topological polar surface area (TPSA) is 54.0 Å². The van der Waals surface area contributed by atoms with Crippen molar-refractivity contribution < 1.29 is 4.79 Å². The van der Waals surface area contributed by atoms with E-state index in [-0.39, 0.29) is 12.1 Å². The number of amides is 2. The third-order valence-electron chi connectivity index (χ3n) is 3.20. The number of nitrogens with zero attached hydrogens (tertiary/aromatic N) is 1. The van der Waals surface area contributed by atoms with Crippen molar-refractivity contribution in [1.82, 2.24) is 15.6 Å². The van der Waals surface area contributed by atoms with Gasteiger partial charge in [0.1, 0.15) is 0 Å². The lowest BCUT2D eigenvalue weighted by Gasteiger charge is -2.14. The number of carbonyl (C=O) groups excluding carboxylic acids is 1. The van der Waals surface area contributed by atoms with E-state index in [0.29, 0.717) is 6.54 Å². The molecule has 1 unspecified atom stereocenters. The van der Waals surface area contributed by atoms with Crippen LogP contribution < -0.4 is 10.6 Å². The molecule has 1 aromatic rings. The van der Waals surface area contributed by atoms with E-state index in [4.69, 9.17) is 0 Å². The highest BCUT2D eigenvalue weighted by molar-refractivity contribution is 7.09. The van der Waals surface area contributed by atoms with Crippen molar-refractivity contribution in [2.24, 2.45) is 0 Å². The third-order valence-corrected chi connectivity index (χ3v) is 4.02. The van der Waals surface area contributed by atoms with Gasteiger partial charge in [0, 0.05) is 24.4 Å². The summed E-state index contributed by atoms with van der Waals surface area (Å²) in [4.78, 5) is 16.1. The summed E-state index contributed by atoms with van der Waals surface area (Å²) in [7, 11) is 0. The normalized spacial score (nSPS) is 12.2. The second kappa shape index (κ2) is 9.75. The first-order valence-electron chi connectivity index (χ1n) is 7.57. The third kappa shape index (κ3) is 7.48. The van der Waals surface area contributed by atoms with Crippen molar-refractivity contribution in [3.8, 4) is 0 Å². The molecule has 0 aliphatic rings. The molecule has 2 N–H and O–H groups in total. The van der Waals surface area contributed by atoms with E-state index >= 15 is 0 Å². The Balaban J connectivity index is 2.07. The number of nitrogens with one attached hydrogen (secondary N) is 2. The first-order chi connectivity index (χ1) is 9.61. The average molecular weight is 297 g/mol. The van der Waals surface area contributed by atoms with Crippen molar-refractivity contribution in [3.05, 3.63) is 16.1 Å². The molecule has 4 nitrogen and oxygen atoms in total. The molecule has 0 saturated carbocycles. The largest absolute Gasteiger partial charge is 0.338 e. The van der Waals surface area contributed by atoms with E-state index < -0.39 is 0 Å². The number of thiazole rings is 1. The molecule has 1 heterocycles. The molecule has 2 amide bonds. The summed E-state index contributed by atoms with van der Waals surface area (Å²) >= 11 is 1.65. The Bertz CT molecular complexity index is 392. The molecule has 0 radical (unpaired) electrons. The Kier molecular flexibility index (Phi) is 8.26. The number of carbonyl (C=O) groups is 1. The van der Waals surface area contributed by atoms with Gasteiger partial charge in [0.05, 0.1) is 10.7 Å². The van der Waals surface area contributed by atoms with Crippen LogP contribution >= 0.6 is 11.3 Å². The van der Waals surface area contributed by atoms with Crippen LogP contribution in [0.2, 0.25) is 0 Å². The van der Waals surface area contributed by atoms with Crippen molar-refractivity contribution >= 4 is 17.4 Å². The number of aryl methyl sites for hydroxylation is 1. The molecule has 0 aliphatic heterocycles. The summed E-state index contributed by atoms with van der Waals surface area (Å²) in [5.74, 6) is 0. The molecule has 1 atom stereocenters. The lowest BCUT2D eigenvalue weighted by molar-refractivity contribution is 0.237. The molecular weight excluding hydrogens is 270 g/mol. The van der Waals surface area contributed by atoms with Gasteiger partial charge in [-0.05, 0) is 20.3 Å². The fraction of sp³-hybridized carbons (Fsp3) is 0.733. The zero-order valence-corrected chi connectivity index (χ0v) is 13.7. The minimum atomic E-state index is -0.0695. The first kappa shape index (κ1) is 17.0. The monoisotopic (exact) mass is 297 g/mol. The second-order valence-corrected chi connectivity index (χ2v) is 6.32. The SMILES string of the molecule is CCCCCCC(C)NC(=O)NCCc1csc(C)n1. The van der Waals surface area contributed by atoms with Crippen molar-refractivity contribution in [2.45, 2.75) is 65.3 Å². The molecule has 114 valence electrons. The van der Waals surface area contributed by atoms with Crippen molar-refractivity contribution in [1.29, 1.82) is 0 Å². The highest BCUT2D eigenvalue weighted by Crippen LogP contribution is 2.08. The quantitative estimate of drug-likeness (QED) is 0.684. The van der Waals surface area contributed by atoms with Gasteiger partial charge < -0.3 is 10.6 Å². The maximum absolute atomic E-state index is 11.7. The molecule has 0 spiro atoms. The zero-order valence-electron chi connectivity index (χ0n) is 12.9. The lowest BCUT2D eigenvalue weighted by atomic mass is 10.1. The van der Waals surface area contributed by atoms with Gasteiger partial charge in [-0.1, -0.05) is 32.6 Å². The molecule has 1 rings (SSSR count). The number of hydrogen-bond donors (Lipinski definition) is 2. The van der Waals surface area contributed by atoms with Crippen LogP contribution in [-0.2, 0) is 6.42 Å². The van der Waals surface area contributed by atoms with Gasteiger partial charge in [-0.3, -0.25) is 0 Å². The minimum absolute atomic E-state index is 0.0695. The van der Waals surface area contributed by atoms with Gasteiger partial charge in [-0.25, -0.2) is 9.78 Å². The Morgan fingerprint density at radius 3 is 2.85 bits per heavy atom. The fourth-order valence-corrected chi connectivity index (χ4v) is 2.70. The van der Waals surface area contributed by atoms with Crippen LogP contribution in [0, 0.1) is 6.92 Å². The Labute approximate surface area is 126 Å². The van der Waals surface area contributed by atoms with Crippen LogP contribution in [-0.4, -0.2) is 23.6 Å². The van der Waals surface area contributed by atoms with E-state index in [9.17, 15) is 4.79 Å². The standard InChI is InChI=1S/C15H27N3OS/c1-4-5-6-7-8-12(2)17-15(19)16-10-9-14-11-20-13(3)18-14/h11-12H,4-10H2,1-3H3,(H2,16,17,19). The Morgan fingerprint density at radius 1 is 1.40 bits per heavy atom. The number of hydrogen-bond acceptors (Lipinski definition) is 3. The van der Waals surface area contributed by atoms with Gasteiger partial charge >= 0.3 is 6.03 Å². The van der Waals surface area contributed by atoms with E-state index in [2.05, 4.69) is 29.5 Å². The van der Waals surface area contributed by atoms with Crippen LogP contribution in [0.1, 0.15) is 56.7 Å². The van der Waals surface area contributed by atoms with Crippen molar-refractivity contribution in [2.75, 3.05) is 6.54 Å². The number of urea groups is 1. The van der Waals surface area contributed by atoms with Crippen LogP contribution in [0.4, 0.5) is 4.79 Å². The average Bonchev–Trinajstić information content (AvgIpc) is 2.80. The van der Waals surface area contributed by atoms with Gasteiger partial charge in [-0.2, -0.15) is 0 Å². The summed E-state index contributed by atoms with van der Waals surface area (Å²) in [6.07, 6.45) is 6.83. The summed E-state index contributed by atoms with van der Waals surface area (Å²) in [5, 5.41) is 8.99. The van der Waals surface area contributed by atoms with Crippen LogP contribution in [0.3, 0.4) is 0 Å². The van der Waals surface area contributed by atoms with Gasteiger partial charge in [0.15, 0.2) is 0 Å². The smallest absolute Gasteiger partial charge is 0.315 e. The number of aromatic nitrogens is 1. The highest BCUT2D eigenvalue weighted by atomic mass is 32.1. The minimum Gasteiger partial charge on any atom is -0.338 e. The van der Waals surface area contributed by atoms with Crippen LogP contribution in [0.5, 0.6) is 0 Å². The molecule has 20 heavy (non-hydrogen) atoms. The Morgan fingerprint density at radius 2 is 2.20 bits per heavy atom. The predicted octanol–water partition coefficient (Wildman–Crippen LogP) is 3.65. The van der Waals surface area contributed by atoms with Gasteiger partial charge in [0.25, 0.3) is 0 Å². The molecule has 0 bridgehead atoms. The molecular formula is C15H27N3OS. The summed E-state index contributed by atoms with van der Waals surface area (Å²) in [5.41, 5.74) is 1.06. The van der Waals surface area contributed by atoms with E-state index in [1.165, 1.54) is 25.7 Å². The van der Waals surface area contributed by atoms with Crippen LogP contribution in [0.15, 0.2) is 5.38 Å². The highest BCUT2D eigenvalue weighted by Gasteiger charge is 2.06. The zero-order chi connectivity index (χ0) is 14.8. The van der Waals surface area contributed by atoms with E-state index in [1.807, 2.05) is 12.3 Å². The molecule has 0 aromatic carbocycles. The maximum Gasteiger partial charge on any atom is 0.315 e. The lowest BCUT2D eigenvalue weighted by Crippen LogP contribution is -2.41.